The first-order valence-electron chi connectivity index (χ1n) is 8.49. The summed E-state index contributed by atoms with van der Waals surface area (Å²) in [4.78, 5) is 0. The lowest BCUT2D eigenvalue weighted by Crippen LogP contribution is -2.04. The molecule has 0 amide bonds. The van der Waals surface area contributed by atoms with E-state index >= 15 is 0 Å². The summed E-state index contributed by atoms with van der Waals surface area (Å²) in [6.45, 7) is 0.467. The maximum Gasteiger partial charge on any atom is 0.164 e. The summed E-state index contributed by atoms with van der Waals surface area (Å²) in [6.07, 6.45) is 4.01. The molecule has 1 aromatic heterocycles. The molecule has 1 heterocycles. The minimum Gasteiger partial charge on any atom is -0.471 e. The molecule has 0 saturated carbocycles. The van der Waals surface area contributed by atoms with Crippen LogP contribution in [0.15, 0.2) is 102 Å². The van der Waals surface area contributed by atoms with Crippen LogP contribution in [0.3, 0.4) is 0 Å². The normalized spacial score (nSPS) is 10.7. The molecule has 0 atom stereocenters. The van der Waals surface area contributed by atoms with E-state index in [-0.39, 0.29) is 0 Å². The van der Waals surface area contributed by atoms with Crippen LogP contribution in [0, 0.1) is 0 Å². The van der Waals surface area contributed by atoms with Gasteiger partial charge in [-0.05, 0) is 35.4 Å². The van der Waals surface area contributed by atoms with Crippen molar-refractivity contribution < 1.29 is 4.74 Å². The number of aromatic nitrogens is 1. The zero-order chi connectivity index (χ0) is 17.8. The van der Waals surface area contributed by atoms with Crippen LogP contribution in [-0.4, -0.2) is 4.57 Å². The Bertz CT molecular complexity index is 919. The van der Waals surface area contributed by atoms with Gasteiger partial charge in [0, 0.05) is 28.0 Å². The maximum absolute atomic E-state index is 6.32. The first-order valence-corrected chi connectivity index (χ1v) is 9.28. The Kier molecular flexibility index (Phi) is 4.89. The summed E-state index contributed by atoms with van der Waals surface area (Å²) in [5.41, 5.74) is 4.42. The summed E-state index contributed by atoms with van der Waals surface area (Å²) < 4.78 is 9.37. The van der Waals surface area contributed by atoms with Crippen LogP contribution in [0.25, 0.3) is 22.3 Å². The van der Waals surface area contributed by atoms with E-state index in [2.05, 4.69) is 52.3 Å². The van der Waals surface area contributed by atoms with E-state index in [0.717, 1.165) is 32.5 Å². The van der Waals surface area contributed by atoms with Gasteiger partial charge in [0.2, 0.25) is 0 Å². The van der Waals surface area contributed by atoms with Gasteiger partial charge >= 0.3 is 0 Å². The minimum absolute atomic E-state index is 0.467. The molecule has 128 valence electrons. The lowest BCUT2D eigenvalue weighted by molar-refractivity contribution is 0.239. The van der Waals surface area contributed by atoms with E-state index in [1.807, 2.05) is 65.5 Å². The zero-order valence-corrected chi connectivity index (χ0v) is 15.8. The van der Waals surface area contributed by atoms with E-state index in [1.54, 1.807) is 0 Å². The maximum atomic E-state index is 6.32. The smallest absolute Gasteiger partial charge is 0.164 e. The third kappa shape index (κ3) is 3.58. The van der Waals surface area contributed by atoms with E-state index < -0.39 is 0 Å². The van der Waals surface area contributed by atoms with Crippen LogP contribution < -0.4 is 4.74 Å². The number of rotatable bonds is 5. The van der Waals surface area contributed by atoms with E-state index in [9.17, 15) is 0 Å². The third-order valence-electron chi connectivity index (χ3n) is 4.25. The molecule has 4 rings (SSSR count). The van der Waals surface area contributed by atoms with Gasteiger partial charge in [-0.15, -0.1) is 0 Å². The highest BCUT2D eigenvalue weighted by atomic mass is 79.9. The van der Waals surface area contributed by atoms with Crippen LogP contribution in [0.5, 0.6) is 5.75 Å². The van der Waals surface area contributed by atoms with Crippen molar-refractivity contribution in [2.45, 2.75) is 6.73 Å². The Morgan fingerprint density at radius 2 is 1.19 bits per heavy atom. The fourth-order valence-electron chi connectivity index (χ4n) is 3.01. The monoisotopic (exact) mass is 403 g/mol. The molecule has 4 aromatic rings. The quantitative estimate of drug-likeness (QED) is 0.365. The zero-order valence-electron chi connectivity index (χ0n) is 14.2. The predicted octanol–water partition coefficient (Wildman–Crippen LogP) is 6.62. The minimum atomic E-state index is 0.467. The number of halogens is 1. The van der Waals surface area contributed by atoms with Gasteiger partial charge in [-0.3, -0.25) is 0 Å². The molecular weight excluding hydrogens is 386 g/mol. The molecule has 2 nitrogen and oxygen atoms in total. The van der Waals surface area contributed by atoms with Gasteiger partial charge in [0.15, 0.2) is 6.73 Å². The van der Waals surface area contributed by atoms with E-state index in [0.29, 0.717) is 6.73 Å². The Morgan fingerprint density at radius 3 is 1.69 bits per heavy atom. The first kappa shape index (κ1) is 16.7. The van der Waals surface area contributed by atoms with E-state index in [4.69, 9.17) is 4.74 Å². The van der Waals surface area contributed by atoms with Gasteiger partial charge in [0.25, 0.3) is 0 Å². The summed E-state index contributed by atoms with van der Waals surface area (Å²) in [6, 6.07) is 28.9. The Balaban J connectivity index is 1.85. The van der Waals surface area contributed by atoms with Gasteiger partial charge in [0.1, 0.15) is 5.75 Å². The van der Waals surface area contributed by atoms with Crippen LogP contribution in [0.1, 0.15) is 0 Å². The Morgan fingerprint density at radius 1 is 0.692 bits per heavy atom. The van der Waals surface area contributed by atoms with E-state index in [1.165, 1.54) is 0 Å². The number of ether oxygens (including phenoxy) is 1. The summed E-state index contributed by atoms with van der Waals surface area (Å²) >= 11 is 3.67. The SMILES string of the molecule is Brc1cc(-c2ccccc2)c(OCn2cccc2)c(-c2ccccc2)c1. The van der Waals surface area contributed by atoms with Crippen LogP contribution in [0.2, 0.25) is 0 Å². The molecule has 0 bridgehead atoms. The molecule has 0 aliphatic heterocycles. The van der Waals surface area contributed by atoms with Crippen molar-refractivity contribution in [3.05, 3.63) is 102 Å². The molecule has 0 aliphatic carbocycles. The van der Waals surface area contributed by atoms with Crippen LogP contribution in [-0.2, 0) is 6.73 Å². The molecule has 0 spiro atoms. The molecule has 0 radical (unpaired) electrons. The molecule has 3 aromatic carbocycles. The lowest BCUT2D eigenvalue weighted by atomic mass is 9.97. The van der Waals surface area contributed by atoms with Gasteiger partial charge < -0.3 is 9.30 Å². The standard InChI is InChI=1S/C23H18BrNO/c24-20-15-21(18-9-3-1-4-10-18)23(26-17-25-13-7-8-14-25)22(16-20)19-11-5-2-6-12-19/h1-16H,17H2. The second-order valence-corrected chi connectivity index (χ2v) is 6.95. The summed E-state index contributed by atoms with van der Waals surface area (Å²) in [7, 11) is 0. The molecule has 0 fully saturated rings. The van der Waals surface area contributed by atoms with Gasteiger partial charge in [-0.2, -0.15) is 0 Å². The lowest BCUT2D eigenvalue weighted by Gasteiger charge is -2.18. The Hall–Kier alpha value is -2.78. The Labute approximate surface area is 161 Å². The average Bonchev–Trinajstić information content (AvgIpc) is 3.21. The molecule has 26 heavy (non-hydrogen) atoms. The topological polar surface area (TPSA) is 14.2 Å². The van der Waals surface area contributed by atoms with Gasteiger partial charge in [-0.1, -0.05) is 76.6 Å². The van der Waals surface area contributed by atoms with Crippen molar-refractivity contribution in [3.8, 4) is 28.0 Å². The largest absolute Gasteiger partial charge is 0.471 e. The van der Waals surface area contributed by atoms with Crippen molar-refractivity contribution in [1.82, 2.24) is 4.57 Å². The molecule has 0 saturated heterocycles. The second kappa shape index (κ2) is 7.63. The number of nitrogens with zero attached hydrogens (tertiary/aromatic N) is 1. The van der Waals surface area contributed by atoms with Crippen molar-refractivity contribution in [1.29, 1.82) is 0 Å². The second-order valence-electron chi connectivity index (χ2n) is 6.03. The highest BCUT2D eigenvalue weighted by Crippen LogP contribution is 2.41. The van der Waals surface area contributed by atoms with Crippen molar-refractivity contribution in [2.75, 3.05) is 0 Å². The highest BCUT2D eigenvalue weighted by molar-refractivity contribution is 9.10. The van der Waals surface area contributed by atoms with Crippen molar-refractivity contribution >= 4 is 15.9 Å². The molecule has 0 N–H and O–H groups in total. The molecule has 0 aliphatic rings. The van der Waals surface area contributed by atoms with Gasteiger partial charge in [0.05, 0.1) is 0 Å². The average molecular weight is 404 g/mol. The predicted molar refractivity (Wildman–Crippen MR) is 110 cm³/mol. The van der Waals surface area contributed by atoms with Crippen LogP contribution >= 0.6 is 15.9 Å². The number of hydrogen-bond acceptors (Lipinski definition) is 1. The summed E-state index contributed by atoms with van der Waals surface area (Å²) in [5, 5.41) is 0. The molecular formula is C23H18BrNO. The third-order valence-corrected chi connectivity index (χ3v) is 4.71. The molecule has 0 unspecified atom stereocenters. The number of hydrogen-bond donors (Lipinski definition) is 0. The van der Waals surface area contributed by atoms with Crippen molar-refractivity contribution in [2.24, 2.45) is 0 Å². The highest BCUT2D eigenvalue weighted by Gasteiger charge is 2.15. The fraction of sp³-hybridized carbons (Fsp3) is 0.0435. The fourth-order valence-corrected chi connectivity index (χ4v) is 3.47. The van der Waals surface area contributed by atoms with Crippen LogP contribution in [0.4, 0.5) is 0 Å². The molecule has 3 heteroatoms. The first-order chi connectivity index (χ1) is 12.8. The van der Waals surface area contributed by atoms with Crippen molar-refractivity contribution in [3.63, 3.8) is 0 Å². The van der Waals surface area contributed by atoms with Gasteiger partial charge in [-0.25, -0.2) is 0 Å². The number of benzene rings is 3. The summed E-state index contributed by atoms with van der Waals surface area (Å²) in [5.74, 6) is 0.888.